The molecule has 5 heteroatoms. The quantitative estimate of drug-likeness (QED) is 0.898. The second kappa shape index (κ2) is 5.67. The number of rotatable bonds is 3. The predicted molar refractivity (Wildman–Crippen MR) is 73.2 cm³/mol. The zero-order chi connectivity index (χ0) is 14.0. The van der Waals surface area contributed by atoms with Gasteiger partial charge in [-0.3, -0.25) is 0 Å². The minimum absolute atomic E-state index is 0.269. The van der Waals surface area contributed by atoms with Crippen LogP contribution in [-0.4, -0.2) is 0 Å². The van der Waals surface area contributed by atoms with Crippen molar-refractivity contribution in [3.8, 4) is 11.5 Å². The van der Waals surface area contributed by atoms with Crippen LogP contribution in [0.15, 0.2) is 40.9 Å². The molecule has 0 aliphatic rings. The molecule has 0 aliphatic heterocycles. The molecule has 2 nitrogen and oxygen atoms in total. The van der Waals surface area contributed by atoms with E-state index in [1.807, 2.05) is 0 Å². The third-order valence-electron chi connectivity index (χ3n) is 2.59. The van der Waals surface area contributed by atoms with E-state index in [4.69, 9.17) is 10.5 Å². The molecule has 0 amide bonds. The second-order valence-corrected chi connectivity index (χ2v) is 4.97. The molecule has 1 atom stereocenters. The number of hydrogen-bond donors (Lipinski definition) is 1. The van der Waals surface area contributed by atoms with Crippen LogP contribution in [0.2, 0.25) is 0 Å². The van der Waals surface area contributed by atoms with Gasteiger partial charge < -0.3 is 10.5 Å². The molecule has 100 valence electrons. The number of halogens is 3. The number of nitrogens with two attached hydrogens (primary N) is 1. The first-order valence-electron chi connectivity index (χ1n) is 5.66. The Balaban J connectivity index is 2.38. The van der Waals surface area contributed by atoms with Gasteiger partial charge in [-0.25, -0.2) is 8.78 Å². The second-order valence-electron chi connectivity index (χ2n) is 4.12. The average Bonchev–Trinajstić information content (AvgIpc) is 2.33. The summed E-state index contributed by atoms with van der Waals surface area (Å²) in [5.41, 5.74) is 5.99. The third-order valence-corrected chi connectivity index (χ3v) is 3.23. The standard InChI is InChI=1S/C14H12BrF2NO/c1-8(18)14-11(16)3-2-4-13(14)19-9-5-6-10(15)12(17)7-9/h2-8H,18H2,1H3/t8-/m1/s1. The molecule has 0 bridgehead atoms. The lowest BCUT2D eigenvalue weighted by atomic mass is 10.1. The maximum Gasteiger partial charge on any atom is 0.141 e. The van der Waals surface area contributed by atoms with Gasteiger partial charge in [0.05, 0.1) is 4.47 Å². The highest BCUT2D eigenvalue weighted by molar-refractivity contribution is 9.10. The van der Waals surface area contributed by atoms with Gasteiger partial charge in [0.1, 0.15) is 23.1 Å². The Bertz CT molecular complexity index is 602. The van der Waals surface area contributed by atoms with Gasteiger partial charge in [0.25, 0.3) is 0 Å². The Morgan fingerprint density at radius 1 is 1.16 bits per heavy atom. The molecular formula is C14H12BrF2NO. The van der Waals surface area contributed by atoms with Gasteiger partial charge in [-0.1, -0.05) is 6.07 Å². The predicted octanol–water partition coefficient (Wildman–Crippen LogP) is 4.54. The molecule has 0 unspecified atom stereocenters. The van der Waals surface area contributed by atoms with E-state index in [0.29, 0.717) is 4.47 Å². The SMILES string of the molecule is C[C@@H](N)c1c(F)cccc1Oc1ccc(Br)c(F)c1. The molecule has 0 spiro atoms. The van der Waals surface area contributed by atoms with Crippen molar-refractivity contribution < 1.29 is 13.5 Å². The Morgan fingerprint density at radius 3 is 2.53 bits per heavy atom. The van der Waals surface area contributed by atoms with E-state index in [-0.39, 0.29) is 17.1 Å². The van der Waals surface area contributed by atoms with Crippen LogP contribution in [0.4, 0.5) is 8.78 Å². The molecule has 0 saturated heterocycles. The summed E-state index contributed by atoms with van der Waals surface area (Å²) < 4.78 is 32.9. The van der Waals surface area contributed by atoms with E-state index in [9.17, 15) is 8.78 Å². The van der Waals surface area contributed by atoms with Crippen LogP contribution in [0.3, 0.4) is 0 Å². The van der Waals surface area contributed by atoms with E-state index in [0.717, 1.165) is 0 Å². The Kier molecular flexibility index (Phi) is 4.17. The van der Waals surface area contributed by atoms with Gasteiger partial charge in [-0.05, 0) is 47.1 Å². The molecule has 19 heavy (non-hydrogen) atoms. The molecule has 2 aromatic rings. The van der Waals surface area contributed by atoms with Crippen LogP contribution >= 0.6 is 15.9 Å². The van der Waals surface area contributed by atoms with Crippen LogP contribution in [0, 0.1) is 11.6 Å². The van der Waals surface area contributed by atoms with E-state index in [2.05, 4.69) is 15.9 Å². The largest absolute Gasteiger partial charge is 0.457 e. The molecular weight excluding hydrogens is 316 g/mol. The Morgan fingerprint density at radius 2 is 1.89 bits per heavy atom. The highest BCUT2D eigenvalue weighted by Crippen LogP contribution is 2.32. The summed E-state index contributed by atoms with van der Waals surface area (Å²) >= 11 is 3.05. The topological polar surface area (TPSA) is 35.2 Å². The van der Waals surface area contributed by atoms with Gasteiger partial charge in [0, 0.05) is 17.7 Å². The fourth-order valence-corrected chi connectivity index (χ4v) is 1.96. The lowest BCUT2D eigenvalue weighted by molar-refractivity contribution is 0.456. The van der Waals surface area contributed by atoms with Gasteiger partial charge >= 0.3 is 0 Å². The minimum atomic E-state index is -0.517. The maximum atomic E-state index is 13.7. The molecule has 0 fully saturated rings. The molecule has 2 rings (SSSR count). The van der Waals surface area contributed by atoms with Crippen molar-refractivity contribution >= 4 is 15.9 Å². The lowest BCUT2D eigenvalue weighted by Gasteiger charge is -2.14. The van der Waals surface area contributed by atoms with Crippen molar-refractivity contribution in [1.82, 2.24) is 0 Å². The molecule has 2 N–H and O–H groups in total. The first-order chi connectivity index (χ1) is 8.99. The average molecular weight is 328 g/mol. The first-order valence-corrected chi connectivity index (χ1v) is 6.45. The first kappa shape index (κ1) is 14.0. The van der Waals surface area contributed by atoms with Crippen LogP contribution < -0.4 is 10.5 Å². The maximum absolute atomic E-state index is 13.7. The summed E-state index contributed by atoms with van der Waals surface area (Å²) in [5, 5.41) is 0. The normalized spacial score (nSPS) is 12.3. The van der Waals surface area contributed by atoms with Gasteiger partial charge in [0.2, 0.25) is 0 Å². The summed E-state index contributed by atoms with van der Waals surface area (Å²) in [6.45, 7) is 1.66. The lowest BCUT2D eigenvalue weighted by Crippen LogP contribution is -2.09. The van der Waals surface area contributed by atoms with E-state index in [1.165, 1.54) is 24.3 Å². The van der Waals surface area contributed by atoms with Gasteiger partial charge in [0.15, 0.2) is 0 Å². The number of ether oxygens (including phenoxy) is 1. The van der Waals surface area contributed by atoms with Gasteiger partial charge in [-0.15, -0.1) is 0 Å². The molecule has 0 heterocycles. The number of benzene rings is 2. The van der Waals surface area contributed by atoms with E-state index < -0.39 is 17.7 Å². The zero-order valence-corrected chi connectivity index (χ0v) is 11.7. The fraction of sp³-hybridized carbons (Fsp3) is 0.143. The molecule has 0 radical (unpaired) electrons. The summed E-state index contributed by atoms with van der Waals surface area (Å²) in [6, 6.07) is 8.25. The smallest absolute Gasteiger partial charge is 0.141 e. The van der Waals surface area contributed by atoms with Crippen LogP contribution in [-0.2, 0) is 0 Å². The van der Waals surface area contributed by atoms with Crippen molar-refractivity contribution in [2.45, 2.75) is 13.0 Å². The monoisotopic (exact) mass is 327 g/mol. The van der Waals surface area contributed by atoms with Gasteiger partial charge in [-0.2, -0.15) is 0 Å². The van der Waals surface area contributed by atoms with Crippen molar-refractivity contribution in [3.05, 3.63) is 58.1 Å². The summed E-state index contributed by atoms with van der Waals surface area (Å²) in [7, 11) is 0. The summed E-state index contributed by atoms with van der Waals surface area (Å²) in [5.74, 6) is -0.314. The highest BCUT2D eigenvalue weighted by atomic mass is 79.9. The molecule has 0 aromatic heterocycles. The minimum Gasteiger partial charge on any atom is -0.457 e. The Labute approximate surface area is 118 Å². The van der Waals surface area contributed by atoms with Crippen molar-refractivity contribution in [2.24, 2.45) is 5.73 Å². The third kappa shape index (κ3) is 3.11. The van der Waals surface area contributed by atoms with E-state index in [1.54, 1.807) is 19.1 Å². The van der Waals surface area contributed by atoms with Crippen LogP contribution in [0.5, 0.6) is 11.5 Å². The zero-order valence-electron chi connectivity index (χ0n) is 10.2. The number of hydrogen-bond acceptors (Lipinski definition) is 2. The van der Waals surface area contributed by atoms with Crippen LogP contribution in [0.1, 0.15) is 18.5 Å². The molecule has 0 aliphatic carbocycles. The summed E-state index contributed by atoms with van der Waals surface area (Å²) in [4.78, 5) is 0. The van der Waals surface area contributed by atoms with Crippen LogP contribution in [0.25, 0.3) is 0 Å². The van der Waals surface area contributed by atoms with Crippen molar-refractivity contribution in [2.75, 3.05) is 0 Å². The van der Waals surface area contributed by atoms with Crippen molar-refractivity contribution in [1.29, 1.82) is 0 Å². The molecule has 0 saturated carbocycles. The summed E-state index contributed by atoms with van der Waals surface area (Å²) in [6.07, 6.45) is 0. The van der Waals surface area contributed by atoms with Crippen molar-refractivity contribution in [3.63, 3.8) is 0 Å². The fourth-order valence-electron chi connectivity index (χ4n) is 1.72. The highest BCUT2D eigenvalue weighted by Gasteiger charge is 2.14. The molecule has 2 aromatic carbocycles. The van der Waals surface area contributed by atoms with E-state index >= 15 is 0 Å². The Hall–Kier alpha value is -1.46.